The summed E-state index contributed by atoms with van der Waals surface area (Å²) in [6.45, 7) is 6.73. The molecule has 2 aromatic rings. The molecule has 1 saturated heterocycles. The highest BCUT2D eigenvalue weighted by Gasteiger charge is 2.17. The van der Waals surface area contributed by atoms with Crippen molar-refractivity contribution in [2.24, 2.45) is 4.99 Å². The van der Waals surface area contributed by atoms with Crippen molar-refractivity contribution in [1.29, 1.82) is 0 Å². The highest BCUT2D eigenvalue weighted by Crippen LogP contribution is 2.26. The molecule has 1 aromatic heterocycles. The molecule has 0 aliphatic carbocycles. The van der Waals surface area contributed by atoms with E-state index in [1.165, 1.54) is 6.42 Å². The van der Waals surface area contributed by atoms with Crippen LogP contribution in [0.1, 0.15) is 31.2 Å². The SMILES string of the molecule is CCOc1ccc(Nc2nc(C/C=N\C)nc(NC3CCCNC3)c2C)cc1. The molecule has 1 aliphatic rings. The Bertz CT molecular complexity index is 784. The van der Waals surface area contributed by atoms with Gasteiger partial charge in [-0.2, -0.15) is 0 Å². The first kappa shape index (κ1) is 20.1. The number of nitrogens with one attached hydrogen (secondary N) is 3. The van der Waals surface area contributed by atoms with Gasteiger partial charge in [-0.15, -0.1) is 0 Å². The fourth-order valence-electron chi connectivity index (χ4n) is 3.20. The summed E-state index contributed by atoms with van der Waals surface area (Å²) in [6, 6.07) is 8.29. The molecule has 1 aromatic carbocycles. The Labute approximate surface area is 167 Å². The van der Waals surface area contributed by atoms with Gasteiger partial charge in [-0.25, -0.2) is 9.97 Å². The number of anilines is 3. The number of nitrogens with zero attached hydrogens (tertiary/aromatic N) is 3. The second-order valence-electron chi connectivity index (χ2n) is 6.88. The average Bonchev–Trinajstić information content (AvgIpc) is 2.72. The van der Waals surface area contributed by atoms with E-state index in [4.69, 9.17) is 14.7 Å². The van der Waals surface area contributed by atoms with Crippen molar-refractivity contribution in [3.63, 3.8) is 0 Å². The monoisotopic (exact) mass is 382 g/mol. The molecule has 2 heterocycles. The highest BCUT2D eigenvalue weighted by molar-refractivity contribution is 5.67. The minimum absolute atomic E-state index is 0.383. The van der Waals surface area contributed by atoms with E-state index in [1.54, 1.807) is 7.05 Å². The lowest BCUT2D eigenvalue weighted by atomic mass is 10.1. The quantitative estimate of drug-likeness (QED) is 0.608. The molecule has 3 rings (SSSR count). The van der Waals surface area contributed by atoms with Gasteiger partial charge in [0.25, 0.3) is 0 Å². The van der Waals surface area contributed by atoms with Crippen LogP contribution in [0.5, 0.6) is 5.75 Å². The summed E-state index contributed by atoms with van der Waals surface area (Å²) in [5, 5.41) is 10.5. The van der Waals surface area contributed by atoms with Crippen LogP contribution >= 0.6 is 0 Å². The van der Waals surface area contributed by atoms with E-state index in [2.05, 4.69) is 20.9 Å². The van der Waals surface area contributed by atoms with Crippen LogP contribution in [0.2, 0.25) is 0 Å². The topological polar surface area (TPSA) is 83.5 Å². The first-order valence-electron chi connectivity index (χ1n) is 9.95. The second-order valence-corrected chi connectivity index (χ2v) is 6.88. The van der Waals surface area contributed by atoms with Gasteiger partial charge in [-0.3, -0.25) is 0 Å². The number of hydrogen-bond donors (Lipinski definition) is 3. The first-order valence-corrected chi connectivity index (χ1v) is 9.95. The van der Waals surface area contributed by atoms with E-state index in [0.717, 1.165) is 54.0 Å². The van der Waals surface area contributed by atoms with Gasteiger partial charge in [0.05, 0.1) is 6.61 Å². The van der Waals surface area contributed by atoms with Crippen LogP contribution in [0, 0.1) is 6.92 Å². The minimum atomic E-state index is 0.383. The van der Waals surface area contributed by atoms with E-state index in [1.807, 2.05) is 44.3 Å². The molecule has 1 atom stereocenters. The molecule has 3 N–H and O–H groups in total. The number of rotatable bonds is 8. The van der Waals surface area contributed by atoms with Crippen LogP contribution in [0.25, 0.3) is 0 Å². The molecule has 1 aliphatic heterocycles. The Morgan fingerprint density at radius 1 is 1.25 bits per heavy atom. The van der Waals surface area contributed by atoms with Gasteiger partial charge < -0.3 is 25.7 Å². The minimum Gasteiger partial charge on any atom is -0.494 e. The predicted molar refractivity (Wildman–Crippen MR) is 115 cm³/mol. The summed E-state index contributed by atoms with van der Waals surface area (Å²) in [5.74, 6) is 3.30. The predicted octanol–water partition coefficient (Wildman–Crippen LogP) is 3.33. The van der Waals surface area contributed by atoms with Crippen molar-refractivity contribution in [3.05, 3.63) is 35.7 Å². The fraction of sp³-hybridized carbons (Fsp3) is 0.476. The summed E-state index contributed by atoms with van der Waals surface area (Å²) in [4.78, 5) is 13.5. The van der Waals surface area contributed by atoms with E-state index >= 15 is 0 Å². The maximum Gasteiger partial charge on any atom is 0.139 e. The third kappa shape index (κ3) is 5.42. The summed E-state index contributed by atoms with van der Waals surface area (Å²) in [7, 11) is 1.76. The molecule has 1 fully saturated rings. The number of ether oxygens (including phenoxy) is 1. The first-order chi connectivity index (χ1) is 13.7. The Morgan fingerprint density at radius 3 is 2.71 bits per heavy atom. The number of aliphatic imine (C=N–C) groups is 1. The molecular weight excluding hydrogens is 352 g/mol. The van der Waals surface area contributed by atoms with Crippen molar-refractivity contribution in [3.8, 4) is 5.75 Å². The number of benzene rings is 1. The van der Waals surface area contributed by atoms with Gasteiger partial charge in [0.1, 0.15) is 23.2 Å². The van der Waals surface area contributed by atoms with Crippen LogP contribution < -0.4 is 20.7 Å². The van der Waals surface area contributed by atoms with E-state index in [-0.39, 0.29) is 0 Å². The maximum atomic E-state index is 5.52. The van der Waals surface area contributed by atoms with E-state index < -0.39 is 0 Å². The van der Waals surface area contributed by atoms with Crippen LogP contribution in [0.15, 0.2) is 29.3 Å². The van der Waals surface area contributed by atoms with Crippen molar-refractivity contribution < 1.29 is 4.74 Å². The highest BCUT2D eigenvalue weighted by atomic mass is 16.5. The van der Waals surface area contributed by atoms with Gasteiger partial charge in [0, 0.05) is 43.5 Å². The zero-order valence-corrected chi connectivity index (χ0v) is 17.0. The molecule has 7 heteroatoms. The molecule has 7 nitrogen and oxygen atoms in total. The average molecular weight is 383 g/mol. The summed E-state index contributed by atoms with van der Waals surface area (Å²) < 4.78 is 5.52. The fourth-order valence-corrected chi connectivity index (χ4v) is 3.20. The zero-order chi connectivity index (χ0) is 19.8. The van der Waals surface area contributed by atoms with Gasteiger partial charge in [-0.1, -0.05) is 0 Å². The van der Waals surface area contributed by atoms with Gasteiger partial charge in [-0.05, 0) is 57.5 Å². The zero-order valence-electron chi connectivity index (χ0n) is 17.0. The van der Waals surface area contributed by atoms with Crippen LogP contribution in [-0.2, 0) is 6.42 Å². The van der Waals surface area contributed by atoms with Gasteiger partial charge >= 0.3 is 0 Å². The van der Waals surface area contributed by atoms with Crippen molar-refractivity contribution >= 4 is 23.5 Å². The van der Waals surface area contributed by atoms with E-state index in [9.17, 15) is 0 Å². The van der Waals surface area contributed by atoms with Crippen molar-refractivity contribution in [2.75, 3.05) is 37.4 Å². The van der Waals surface area contributed by atoms with Crippen LogP contribution in [0.4, 0.5) is 17.3 Å². The second kappa shape index (κ2) is 10.0. The summed E-state index contributed by atoms with van der Waals surface area (Å²) in [5.41, 5.74) is 1.97. The summed E-state index contributed by atoms with van der Waals surface area (Å²) in [6.07, 6.45) is 4.75. The van der Waals surface area contributed by atoms with Crippen molar-refractivity contribution in [2.45, 2.75) is 39.2 Å². The van der Waals surface area contributed by atoms with Crippen LogP contribution in [-0.4, -0.2) is 49.0 Å². The molecule has 28 heavy (non-hydrogen) atoms. The molecule has 0 amide bonds. The smallest absolute Gasteiger partial charge is 0.139 e. The molecule has 1 unspecified atom stereocenters. The van der Waals surface area contributed by atoms with Crippen LogP contribution in [0.3, 0.4) is 0 Å². The number of piperidine rings is 1. The normalized spacial score (nSPS) is 16.9. The molecule has 0 spiro atoms. The Kier molecular flexibility index (Phi) is 7.19. The Morgan fingerprint density at radius 2 is 2.04 bits per heavy atom. The lowest BCUT2D eigenvalue weighted by Crippen LogP contribution is -2.38. The standard InChI is InChI=1S/C21H30N6O/c1-4-28-18-9-7-16(8-10-18)24-20-15(2)21(25-17-6-5-12-23-14-17)27-19(26-20)11-13-22-3/h7-10,13,17,23H,4-6,11-12,14H2,1-3H3,(H2,24,25,26,27)/b22-13-. The third-order valence-electron chi connectivity index (χ3n) is 4.71. The largest absolute Gasteiger partial charge is 0.494 e. The summed E-state index contributed by atoms with van der Waals surface area (Å²) >= 11 is 0. The number of aromatic nitrogens is 2. The molecule has 0 radical (unpaired) electrons. The van der Waals surface area contributed by atoms with Gasteiger partial charge in [0.15, 0.2) is 0 Å². The Balaban J connectivity index is 1.83. The van der Waals surface area contributed by atoms with Gasteiger partial charge in [0.2, 0.25) is 0 Å². The maximum absolute atomic E-state index is 5.52. The lowest BCUT2D eigenvalue weighted by Gasteiger charge is -2.25. The number of hydrogen-bond acceptors (Lipinski definition) is 7. The third-order valence-corrected chi connectivity index (χ3v) is 4.71. The molecule has 0 bridgehead atoms. The molecule has 0 saturated carbocycles. The van der Waals surface area contributed by atoms with Crippen molar-refractivity contribution in [1.82, 2.24) is 15.3 Å². The van der Waals surface area contributed by atoms with E-state index in [0.29, 0.717) is 19.1 Å². The molecular formula is C21H30N6O. The molecule has 150 valence electrons. The Hall–Kier alpha value is -2.67. The lowest BCUT2D eigenvalue weighted by molar-refractivity contribution is 0.340.